The Morgan fingerprint density at radius 1 is 1.17 bits per heavy atom. The Morgan fingerprint density at radius 2 is 1.83 bits per heavy atom. The van der Waals surface area contributed by atoms with E-state index in [0.717, 1.165) is 19.4 Å². The molecule has 5 unspecified atom stereocenters. The molecular weight excluding hydrogens is 368 g/mol. The molecule has 1 aliphatic heterocycles. The van der Waals surface area contributed by atoms with Crippen molar-refractivity contribution in [2.24, 2.45) is 34.6 Å². The molecule has 0 aromatic heterocycles. The summed E-state index contributed by atoms with van der Waals surface area (Å²) in [6.45, 7) is 11.4. The van der Waals surface area contributed by atoms with Crippen LogP contribution in [0.1, 0.15) is 40.5 Å². The number of likely N-dealkylation sites (tertiary alicyclic amines) is 1. The highest BCUT2D eigenvalue weighted by molar-refractivity contribution is 6.06. The number of carbonyl (C=O) groups is 2. The number of hydrogen-bond donors (Lipinski definition) is 2. The first-order valence-corrected chi connectivity index (χ1v) is 11.1. The Labute approximate surface area is 174 Å². The second-order valence-electron chi connectivity index (χ2n) is 8.54. The first-order valence-electron chi connectivity index (χ1n) is 11.1. The Morgan fingerprint density at radius 3 is 2.38 bits per heavy atom. The van der Waals surface area contributed by atoms with Gasteiger partial charge in [0.1, 0.15) is 0 Å². The van der Waals surface area contributed by atoms with Gasteiger partial charge in [0.25, 0.3) is 0 Å². The predicted molar refractivity (Wildman–Crippen MR) is 113 cm³/mol. The van der Waals surface area contributed by atoms with Crippen LogP contribution >= 0.6 is 0 Å². The van der Waals surface area contributed by atoms with Gasteiger partial charge in [-0.15, -0.1) is 0 Å². The number of rotatable bonds is 10. The van der Waals surface area contributed by atoms with E-state index in [4.69, 9.17) is 4.74 Å². The number of nitrogens with one attached hydrogen (secondary N) is 2. The Kier molecular flexibility index (Phi) is 7.33. The zero-order valence-corrected chi connectivity index (χ0v) is 18.2. The van der Waals surface area contributed by atoms with Gasteiger partial charge in [0.15, 0.2) is 5.96 Å². The minimum atomic E-state index is -0.120. The number of amides is 2. The molecule has 3 rings (SSSR count). The maximum Gasteiger partial charge on any atom is 0.233 e. The third kappa shape index (κ3) is 4.65. The minimum Gasteiger partial charge on any atom is -0.378 e. The number of hydrogen-bond acceptors (Lipinski definition) is 4. The fourth-order valence-corrected chi connectivity index (χ4v) is 4.94. The van der Waals surface area contributed by atoms with Gasteiger partial charge >= 0.3 is 0 Å². The number of ether oxygens (including phenoxy) is 1. The first kappa shape index (κ1) is 21.8. The Balaban J connectivity index is 1.48. The highest BCUT2D eigenvalue weighted by Crippen LogP contribution is 2.52. The highest BCUT2D eigenvalue weighted by atomic mass is 16.5. The van der Waals surface area contributed by atoms with Crippen molar-refractivity contribution < 1.29 is 14.3 Å². The average molecular weight is 405 g/mol. The second kappa shape index (κ2) is 9.74. The van der Waals surface area contributed by atoms with E-state index in [0.29, 0.717) is 38.1 Å². The molecule has 1 heterocycles. The second-order valence-corrected chi connectivity index (χ2v) is 8.54. The summed E-state index contributed by atoms with van der Waals surface area (Å²) in [5.74, 6) is 1.48. The molecule has 2 aliphatic carbocycles. The molecule has 7 nitrogen and oxygen atoms in total. The lowest BCUT2D eigenvalue weighted by molar-refractivity contribution is -0.140. The van der Waals surface area contributed by atoms with Crippen LogP contribution in [0, 0.1) is 29.6 Å². The molecule has 2 amide bonds. The minimum absolute atomic E-state index is 0.0112. The maximum absolute atomic E-state index is 12.7. The first-order chi connectivity index (χ1) is 14.0. The van der Waals surface area contributed by atoms with Crippen molar-refractivity contribution in [2.75, 3.05) is 32.8 Å². The van der Waals surface area contributed by atoms with E-state index >= 15 is 0 Å². The molecule has 2 bridgehead atoms. The summed E-state index contributed by atoms with van der Waals surface area (Å²) in [4.78, 5) is 31.6. The molecule has 1 saturated heterocycles. The van der Waals surface area contributed by atoms with E-state index in [2.05, 4.69) is 41.6 Å². The number of carbonyl (C=O) groups excluding carboxylic acids is 2. The van der Waals surface area contributed by atoms with Gasteiger partial charge < -0.3 is 15.4 Å². The molecule has 1 saturated carbocycles. The van der Waals surface area contributed by atoms with E-state index in [9.17, 15) is 9.59 Å². The van der Waals surface area contributed by atoms with Gasteiger partial charge in [-0.2, -0.15) is 0 Å². The van der Waals surface area contributed by atoms with Crippen LogP contribution in [0.5, 0.6) is 0 Å². The molecule has 0 aromatic rings. The standard InChI is InChI=1S/C22H36N4O3/c1-5-23-22(24-10-9-17(14(3)4)29-6-2)25-11-12-26-20(27)18-15-7-8-16(13-15)19(18)21(26)28/h7-8,14-19H,5-6,9-13H2,1-4H3,(H2,23,24,25). The normalized spacial score (nSPS) is 29.1. The van der Waals surface area contributed by atoms with Crippen molar-refractivity contribution in [3.05, 3.63) is 12.2 Å². The molecule has 2 N–H and O–H groups in total. The smallest absolute Gasteiger partial charge is 0.233 e. The SMILES string of the molecule is CCNC(=NCCC(OCC)C(C)C)NCCN1C(=O)C2C3C=CC(C3)C2C1=O. The summed E-state index contributed by atoms with van der Waals surface area (Å²) in [5, 5.41) is 6.49. The molecule has 7 heteroatoms. The zero-order chi connectivity index (χ0) is 21.0. The van der Waals surface area contributed by atoms with Gasteiger partial charge in [0, 0.05) is 32.8 Å². The summed E-state index contributed by atoms with van der Waals surface area (Å²) in [7, 11) is 0. The maximum atomic E-state index is 12.7. The van der Waals surface area contributed by atoms with Crippen LogP contribution in [0.4, 0.5) is 0 Å². The lowest BCUT2D eigenvalue weighted by Crippen LogP contribution is -2.43. The summed E-state index contributed by atoms with van der Waals surface area (Å²) in [5.41, 5.74) is 0. The number of guanidine groups is 1. The van der Waals surface area contributed by atoms with Crippen LogP contribution in [-0.4, -0.2) is 61.6 Å². The van der Waals surface area contributed by atoms with Gasteiger partial charge in [0.2, 0.25) is 11.8 Å². The van der Waals surface area contributed by atoms with Crippen LogP contribution in [0.3, 0.4) is 0 Å². The largest absolute Gasteiger partial charge is 0.378 e. The Bertz CT molecular complexity index is 630. The van der Waals surface area contributed by atoms with Gasteiger partial charge in [-0.25, -0.2) is 0 Å². The molecule has 2 fully saturated rings. The fraction of sp³-hybridized carbons (Fsp3) is 0.773. The van der Waals surface area contributed by atoms with Crippen LogP contribution in [0.2, 0.25) is 0 Å². The van der Waals surface area contributed by atoms with Crippen LogP contribution in [0.25, 0.3) is 0 Å². The lowest BCUT2D eigenvalue weighted by Gasteiger charge is -2.20. The average Bonchev–Trinajstić information content (AvgIpc) is 3.36. The third-order valence-corrected chi connectivity index (χ3v) is 6.34. The summed E-state index contributed by atoms with van der Waals surface area (Å²) < 4.78 is 5.78. The highest BCUT2D eigenvalue weighted by Gasteiger charge is 2.58. The molecule has 0 spiro atoms. The van der Waals surface area contributed by atoms with Gasteiger partial charge in [-0.3, -0.25) is 19.5 Å². The molecule has 29 heavy (non-hydrogen) atoms. The molecule has 0 aromatic carbocycles. The number of imide groups is 1. The molecule has 5 atom stereocenters. The summed E-state index contributed by atoms with van der Waals surface area (Å²) in [6, 6.07) is 0. The van der Waals surface area contributed by atoms with Crippen molar-refractivity contribution in [1.82, 2.24) is 15.5 Å². The van der Waals surface area contributed by atoms with E-state index < -0.39 is 0 Å². The number of aliphatic imine (C=N–C) groups is 1. The number of fused-ring (bicyclic) bond motifs is 5. The third-order valence-electron chi connectivity index (χ3n) is 6.34. The fourth-order valence-electron chi connectivity index (χ4n) is 4.94. The van der Waals surface area contributed by atoms with E-state index in [-0.39, 0.29) is 41.6 Å². The predicted octanol–water partition coefficient (Wildman–Crippen LogP) is 1.80. The van der Waals surface area contributed by atoms with Crippen molar-refractivity contribution in [2.45, 2.75) is 46.6 Å². The van der Waals surface area contributed by atoms with Crippen molar-refractivity contribution in [3.63, 3.8) is 0 Å². The number of nitrogens with zero attached hydrogens (tertiary/aromatic N) is 2. The van der Waals surface area contributed by atoms with Crippen LogP contribution < -0.4 is 10.6 Å². The number of allylic oxidation sites excluding steroid dienone is 2. The molecule has 162 valence electrons. The molecular formula is C22H36N4O3. The summed E-state index contributed by atoms with van der Waals surface area (Å²) in [6.07, 6.45) is 6.29. The van der Waals surface area contributed by atoms with Gasteiger partial charge in [-0.1, -0.05) is 26.0 Å². The Hall–Kier alpha value is -1.89. The van der Waals surface area contributed by atoms with E-state index in [1.807, 2.05) is 13.8 Å². The van der Waals surface area contributed by atoms with E-state index in [1.54, 1.807) is 0 Å². The molecule has 0 radical (unpaired) electrons. The topological polar surface area (TPSA) is 83.0 Å². The quantitative estimate of drug-likeness (QED) is 0.251. The van der Waals surface area contributed by atoms with Crippen LogP contribution in [-0.2, 0) is 14.3 Å². The van der Waals surface area contributed by atoms with Gasteiger partial charge in [-0.05, 0) is 44.4 Å². The molecule has 3 aliphatic rings. The van der Waals surface area contributed by atoms with Gasteiger partial charge in [0.05, 0.1) is 17.9 Å². The van der Waals surface area contributed by atoms with Crippen LogP contribution in [0.15, 0.2) is 17.1 Å². The lowest BCUT2D eigenvalue weighted by atomic mass is 9.85. The zero-order valence-electron chi connectivity index (χ0n) is 18.2. The van der Waals surface area contributed by atoms with Crippen molar-refractivity contribution in [1.29, 1.82) is 0 Å². The summed E-state index contributed by atoms with van der Waals surface area (Å²) >= 11 is 0. The monoisotopic (exact) mass is 404 g/mol. The van der Waals surface area contributed by atoms with Crippen molar-refractivity contribution >= 4 is 17.8 Å². The van der Waals surface area contributed by atoms with Crippen molar-refractivity contribution in [3.8, 4) is 0 Å². The van der Waals surface area contributed by atoms with E-state index in [1.165, 1.54) is 4.90 Å².